The van der Waals surface area contributed by atoms with Crippen molar-refractivity contribution in [2.75, 3.05) is 12.4 Å². The van der Waals surface area contributed by atoms with Crippen LogP contribution in [0.1, 0.15) is 5.56 Å². The Balaban J connectivity index is 2.36. The Morgan fingerprint density at radius 2 is 1.92 bits per heavy atom. The molecule has 1 aromatic rings. The van der Waals surface area contributed by atoms with Gasteiger partial charge in [-0.15, -0.1) is 11.6 Å². The summed E-state index contributed by atoms with van der Waals surface area (Å²) in [6.45, 7) is 0.704. The molecule has 13 heavy (non-hydrogen) atoms. The molecule has 0 saturated heterocycles. The molecule has 0 fully saturated rings. The smallest absolute Gasteiger partial charge is 0.115 e. The van der Waals surface area contributed by atoms with E-state index in [4.69, 9.17) is 23.2 Å². The van der Waals surface area contributed by atoms with E-state index in [0.29, 0.717) is 17.6 Å². The summed E-state index contributed by atoms with van der Waals surface area (Å²) in [5.74, 6) is 0.302. The van der Waals surface area contributed by atoms with Gasteiger partial charge in [-0.3, -0.25) is 4.99 Å². The average molecular weight is 216 g/mol. The van der Waals surface area contributed by atoms with Crippen molar-refractivity contribution >= 4 is 28.4 Å². The first-order valence-corrected chi connectivity index (χ1v) is 5.03. The van der Waals surface area contributed by atoms with Gasteiger partial charge in [0, 0.05) is 6.54 Å². The molecule has 0 saturated carbocycles. The van der Waals surface area contributed by atoms with Gasteiger partial charge in [0.25, 0.3) is 0 Å². The zero-order valence-corrected chi connectivity index (χ0v) is 8.72. The molecule has 0 aliphatic carbocycles. The lowest BCUT2D eigenvalue weighted by Crippen LogP contribution is -1.94. The van der Waals surface area contributed by atoms with E-state index in [0.717, 1.165) is 6.42 Å². The monoisotopic (exact) mass is 215 g/mol. The van der Waals surface area contributed by atoms with E-state index in [2.05, 4.69) is 17.1 Å². The zero-order chi connectivity index (χ0) is 9.52. The molecule has 0 heterocycles. The van der Waals surface area contributed by atoms with E-state index in [-0.39, 0.29) is 0 Å². The number of rotatable bonds is 4. The van der Waals surface area contributed by atoms with Gasteiger partial charge in [0.15, 0.2) is 0 Å². The van der Waals surface area contributed by atoms with E-state index in [1.807, 2.05) is 18.2 Å². The first kappa shape index (κ1) is 10.6. The van der Waals surface area contributed by atoms with Gasteiger partial charge in [-0.1, -0.05) is 41.9 Å². The summed E-state index contributed by atoms with van der Waals surface area (Å²) in [7, 11) is 0. The lowest BCUT2D eigenvalue weighted by Gasteiger charge is -1.97. The lowest BCUT2D eigenvalue weighted by molar-refractivity contribution is 0.971. The van der Waals surface area contributed by atoms with Gasteiger partial charge in [0.1, 0.15) is 5.17 Å². The van der Waals surface area contributed by atoms with Crippen molar-refractivity contribution < 1.29 is 0 Å². The molecule has 3 heteroatoms. The lowest BCUT2D eigenvalue weighted by atomic mass is 10.2. The molecule has 0 aromatic heterocycles. The highest BCUT2D eigenvalue weighted by Gasteiger charge is 1.91. The van der Waals surface area contributed by atoms with E-state index in [1.165, 1.54) is 5.56 Å². The molecule has 1 rings (SSSR count). The highest BCUT2D eigenvalue weighted by Crippen LogP contribution is 2.00. The van der Waals surface area contributed by atoms with Crippen molar-refractivity contribution in [2.45, 2.75) is 6.42 Å². The van der Waals surface area contributed by atoms with Crippen LogP contribution < -0.4 is 0 Å². The van der Waals surface area contributed by atoms with Gasteiger partial charge in [0.2, 0.25) is 0 Å². The van der Waals surface area contributed by atoms with Gasteiger partial charge < -0.3 is 0 Å². The zero-order valence-electron chi connectivity index (χ0n) is 7.21. The summed E-state index contributed by atoms with van der Waals surface area (Å²) in [6, 6.07) is 10.2. The van der Waals surface area contributed by atoms with Gasteiger partial charge in [-0.2, -0.15) is 0 Å². The minimum Gasteiger partial charge on any atom is -0.276 e. The van der Waals surface area contributed by atoms with E-state index >= 15 is 0 Å². The third kappa shape index (κ3) is 4.30. The van der Waals surface area contributed by atoms with E-state index in [9.17, 15) is 0 Å². The van der Waals surface area contributed by atoms with Crippen LogP contribution in [0.3, 0.4) is 0 Å². The van der Waals surface area contributed by atoms with Crippen molar-refractivity contribution in [3.8, 4) is 0 Å². The van der Waals surface area contributed by atoms with Crippen LogP contribution >= 0.6 is 23.2 Å². The number of benzene rings is 1. The summed E-state index contributed by atoms with van der Waals surface area (Å²) in [4.78, 5) is 4.09. The number of halogens is 2. The summed E-state index contributed by atoms with van der Waals surface area (Å²) in [5.41, 5.74) is 1.27. The van der Waals surface area contributed by atoms with Crippen LogP contribution in [0.2, 0.25) is 0 Å². The van der Waals surface area contributed by atoms with Crippen LogP contribution in [0.25, 0.3) is 0 Å². The van der Waals surface area contributed by atoms with Crippen molar-refractivity contribution in [3.63, 3.8) is 0 Å². The van der Waals surface area contributed by atoms with Crippen molar-refractivity contribution in [2.24, 2.45) is 4.99 Å². The Morgan fingerprint density at radius 1 is 1.23 bits per heavy atom. The average Bonchev–Trinajstić information content (AvgIpc) is 2.19. The van der Waals surface area contributed by atoms with Crippen molar-refractivity contribution in [1.29, 1.82) is 0 Å². The minimum absolute atomic E-state index is 0.302. The van der Waals surface area contributed by atoms with Crippen LogP contribution in [0.4, 0.5) is 0 Å². The minimum atomic E-state index is 0.302. The third-order valence-electron chi connectivity index (χ3n) is 1.64. The van der Waals surface area contributed by atoms with Crippen LogP contribution in [-0.4, -0.2) is 17.6 Å². The Kier molecular flexibility index (Phi) is 4.87. The largest absolute Gasteiger partial charge is 0.276 e. The summed E-state index contributed by atoms with van der Waals surface area (Å²) in [5, 5.41) is 0.484. The van der Waals surface area contributed by atoms with Crippen molar-refractivity contribution in [1.82, 2.24) is 0 Å². The molecule has 0 bridgehead atoms. The first-order valence-electron chi connectivity index (χ1n) is 4.11. The third-order valence-corrected chi connectivity index (χ3v) is 2.28. The van der Waals surface area contributed by atoms with E-state index < -0.39 is 0 Å². The molecule has 0 atom stereocenters. The summed E-state index contributed by atoms with van der Waals surface area (Å²) < 4.78 is 0. The number of nitrogens with zero attached hydrogens (tertiary/aromatic N) is 1. The molecular formula is C10H11Cl2N. The van der Waals surface area contributed by atoms with Crippen LogP contribution in [-0.2, 0) is 6.42 Å². The maximum atomic E-state index is 5.65. The maximum Gasteiger partial charge on any atom is 0.115 e. The molecule has 0 spiro atoms. The van der Waals surface area contributed by atoms with Gasteiger partial charge in [-0.05, 0) is 12.0 Å². The molecule has 0 aliphatic heterocycles. The van der Waals surface area contributed by atoms with Gasteiger partial charge in [0.05, 0.1) is 5.88 Å². The second-order valence-electron chi connectivity index (χ2n) is 2.63. The maximum absolute atomic E-state index is 5.65. The molecule has 0 unspecified atom stereocenters. The highest BCUT2D eigenvalue weighted by molar-refractivity contribution is 6.69. The number of hydrogen-bond acceptors (Lipinski definition) is 1. The normalized spacial score (nSPS) is 11.7. The van der Waals surface area contributed by atoms with Gasteiger partial charge >= 0.3 is 0 Å². The first-order chi connectivity index (χ1) is 6.33. The summed E-state index contributed by atoms with van der Waals surface area (Å²) in [6.07, 6.45) is 0.911. The molecule has 0 aliphatic rings. The molecule has 1 aromatic carbocycles. The quantitative estimate of drug-likeness (QED) is 0.541. The standard InChI is InChI=1S/C10H11Cl2N/c11-8-10(12)13-7-6-9-4-2-1-3-5-9/h1-5H,6-8H2. The highest BCUT2D eigenvalue weighted by atomic mass is 35.5. The van der Waals surface area contributed by atoms with Crippen LogP contribution in [0, 0.1) is 0 Å². The molecule has 0 N–H and O–H groups in total. The predicted molar refractivity (Wildman–Crippen MR) is 59.0 cm³/mol. The fraction of sp³-hybridized carbons (Fsp3) is 0.300. The van der Waals surface area contributed by atoms with Crippen LogP contribution in [0.5, 0.6) is 0 Å². The Bertz CT molecular complexity index is 270. The Morgan fingerprint density at radius 3 is 2.54 bits per heavy atom. The molecule has 1 nitrogen and oxygen atoms in total. The Labute approximate surface area is 88.4 Å². The van der Waals surface area contributed by atoms with Gasteiger partial charge in [-0.25, -0.2) is 0 Å². The predicted octanol–water partition coefficient (Wildman–Crippen LogP) is 3.11. The molecule has 0 radical (unpaired) electrons. The number of aliphatic imine (C=N–C) groups is 1. The van der Waals surface area contributed by atoms with Crippen molar-refractivity contribution in [3.05, 3.63) is 35.9 Å². The Hall–Kier alpha value is -0.530. The molecule has 70 valence electrons. The number of hydrogen-bond donors (Lipinski definition) is 0. The molecule has 0 amide bonds. The number of alkyl halides is 1. The topological polar surface area (TPSA) is 12.4 Å². The summed E-state index contributed by atoms with van der Waals surface area (Å²) >= 11 is 11.1. The fourth-order valence-corrected chi connectivity index (χ4v) is 1.16. The molecular weight excluding hydrogens is 205 g/mol. The van der Waals surface area contributed by atoms with E-state index in [1.54, 1.807) is 0 Å². The van der Waals surface area contributed by atoms with Crippen LogP contribution in [0.15, 0.2) is 35.3 Å². The second kappa shape index (κ2) is 6.01. The fourth-order valence-electron chi connectivity index (χ4n) is 0.993. The SMILES string of the molecule is ClCC(Cl)=NCCc1ccccc1. The second-order valence-corrected chi connectivity index (χ2v) is 3.33.